The van der Waals surface area contributed by atoms with Crippen molar-refractivity contribution in [3.8, 4) is 0 Å². The van der Waals surface area contributed by atoms with Gasteiger partial charge in [-0.2, -0.15) is 0 Å². The molecule has 0 aliphatic rings. The highest BCUT2D eigenvalue weighted by atomic mass is 31.2. The van der Waals surface area contributed by atoms with E-state index in [4.69, 9.17) is 9.47 Å². The molecule has 0 aliphatic carbocycles. The number of benzene rings is 4. The van der Waals surface area contributed by atoms with E-state index in [2.05, 4.69) is 10.3 Å². The maximum atomic E-state index is 15.0. The Morgan fingerprint density at radius 1 is 0.636 bits per heavy atom. The number of hydrogen-bond acceptors (Lipinski definition) is 6. The first kappa shape index (κ1) is 31.0. The standard InChI is InChI=1S/C36H38N3O4P/c1-35(2,3)42-33(40)31(39-30-25-17-16-24-29(30)37-38-39)32(34(41)43-36(4,5)6)44(26-18-10-7-11-19-26,27-20-12-8-13-21-27)28-22-14-9-15-23-28/h7-25,31H,1-6H3. The van der Waals surface area contributed by atoms with E-state index in [1.807, 2.05) is 157 Å². The van der Waals surface area contributed by atoms with Crippen molar-refractivity contribution in [2.75, 3.05) is 0 Å². The summed E-state index contributed by atoms with van der Waals surface area (Å²) in [6, 6.07) is 35.7. The zero-order valence-electron chi connectivity index (χ0n) is 26.0. The van der Waals surface area contributed by atoms with Crippen LogP contribution in [-0.4, -0.2) is 43.4 Å². The predicted octanol–water partition coefficient (Wildman–Crippen LogP) is 5.82. The summed E-state index contributed by atoms with van der Waals surface area (Å²) in [6.45, 7) is 7.75. The first-order valence-corrected chi connectivity index (χ1v) is 16.4. The van der Waals surface area contributed by atoms with Gasteiger partial charge in [0.2, 0.25) is 0 Å². The second-order valence-corrected chi connectivity index (χ2v) is 15.9. The summed E-state index contributed by atoms with van der Waals surface area (Å²) >= 11 is 0. The van der Waals surface area contributed by atoms with Gasteiger partial charge in [0.05, 0.1) is 10.8 Å². The second-order valence-electron chi connectivity index (χ2n) is 12.5. The predicted molar refractivity (Wildman–Crippen MR) is 178 cm³/mol. The van der Waals surface area contributed by atoms with E-state index in [9.17, 15) is 9.59 Å². The Morgan fingerprint density at radius 2 is 1.07 bits per heavy atom. The third-order valence-corrected chi connectivity index (χ3v) is 11.3. The summed E-state index contributed by atoms with van der Waals surface area (Å²) in [7, 11) is 0. The summed E-state index contributed by atoms with van der Waals surface area (Å²) < 4.78 is 13.8. The fraction of sp³-hybridized carbons (Fsp3) is 0.250. The molecule has 0 aliphatic heterocycles. The lowest BCUT2D eigenvalue weighted by molar-refractivity contribution is -0.158. The number of nitrogens with zero attached hydrogens (tertiary/aromatic N) is 3. The van der Waals surface area contributed by atoms with Crippen molar-refractivity contribution in [2.24, 2.45) is 0 Å². The van der Waals surface area contributed by atoms with E-state index in [-0.39, 0.29) is 5.29 Å². The zero-order valence-corrected chi connectivity index (χ0v) is 26.9. The number of rotatable bonds is 7. The van der Waals surface area contributed by atoms with Crippen LogP contribution in [0.1, 0.15) is 47.6 Å². The summed E-state index contributed by atoms with van der Waals surface area (Å²) in [5.74, 6) is -1.22. The number of esters is 2. The van der Waals surface area contributed by atoms with E-state index in [0.717, 1.165) is 15.9 Å². The largest absolute Gasteiger partial charge is 0.458 e. The average molecular weight is 608 g/mol. The van der Waals surface area contributed by atoms with Gasteiger partial charge in [-0.1, -0.05) is 108 Å². The molecule has 0 N–H and O–H groups in total. The Balaban J connectivity index is 2.07. The lowest BCUT2D eigenvalue weighted by Gasteiger charge is -2.36. The molecule has 0 amide bonds. The highest BCUT2D eigenvalue weighted by molar-refractivity contribution is 7.96. The van der Waals surface area contributed by atoms with E-state index >= 15 is 0 Å². The molecule has 0 bridgehead atoms. The minimum Gasteiger partial charge on any atom is -0.458 e. The Kier molecular flexibility index (Phi) is 8.62. The summed E-state index contributed by atoms with van der Waals surface area (Å²) in [6.07, 6.45) is 0. The molecule has 0 spiro atoms. The van der Waals surface area contributed by atoms with Gasteiger partial charge in [-0.05, 0) is 76.5 Å². The lowest BCUT2D eigenvalue weighted by atomic mass is 10.1. The quantitative estimate of drug-likeness (QED) is 0.171. The molecule has 5 aromatic rings. The van der Waals surface area contributed by atoms with Gasteiger partial charge in [0, 0.05) is 0 Å². The van der Waals surface area contributed by atoms with Crippen LogP contribution < -0.4 is 15.9 Å². The molecule has 0 fully saturated rings. The molecule has 8 heteroatoms. The maximum Gasteiger partial charge on any atom is 0.338 e. The average Bonchev–Trinajstić information content (AvgIpc) is 3.40. The molecule has 1 unspecified atom stereocenters. The van der Waals surface area contributed by atoms with Crippen LogP contribution in [-0.2, 0) is 19.1 Å². The molecule has 226 valence electrons. The van der Waals surface area contributed by atoms with Crippen molar-refractivity contribution in [3.05, 3.63) is 115 Å². The SMILES string of the molecule is CC(C)(C)OC(=O)C(C(C(=O)OC(C)(C)C)n1nnc2ccccc21)=P(c1ccccc1)(c1ccccc1)c1ccccc1. The molecule has 1 atom stereocenters. The van der Waals surface area contributed by atoms with Crippen molar-refractivity contribution in [1.82, 2.24) is 15.0 Å². The highest BCUT2D eigenvalue weighted by Gasteiger charge is 2.45. The fourth-order valence-corrected chi connectivity index (χ4v) is 9.83. The lowest BCUT2D eigenvalue weighted by Crippen LogP contribution is -2.45. The van der Waals surface area contributed by atoms with E-state index in [1.54, 1.807) is 0 Å². The molecule has 1 heterocycles. The summed E-state index contributed by atoms with van der Waals surface area (Å²) in [5.41, 5.74) is -0.521. The Labute approximate surface area is 258 Å². The number of aromatic nitrogens is 3. The third-order valence-electron chi connectivity index (χ3n) is 6.91. The van der Waals surface area contributed by atoms with Crippen molar-refractivity contribution in [3.63, 3.8) is 0 Å². The van der Waals surface area contributed by atoms with Gasteiger partial charge >= 0.3 is 11.9 Å². The van der Waals surface area contributed by atoms with Crippen molar-refractivity contribution < 1.29 is 19.1 Å². The van der Waals surface area contributed by atoms with Crippen LogP contribution in [0.2, 0.25) is 0 Å². The highest BCUT2D eigenvalue weighted by Crippen LogP contribution is 2.49. The number of para-hydroxylation sites is 1. The molecular formula is C36H38N3O4P. The van der Waals surface area contributed by atoms with Crippen LogP contribution >= 0.6 is 6.89 Å². The Morgan fingerprint density at radius 3 is 1.52 bits per heavy atom. The van der Waals surface area contributed by atoms with Gasteiger partial charge in [0.25, 0.3) is 0 Å². The molecule has 0 saturated carbocycles. The first-order chi connectivity index (χ1) is 20.9. The molecule has 44 heavy (non-hydrogen) atoms. The van der Waals surface area contributed by atoms with Crippen molar-refractivity contribution >= 4 is 51.1 Å². The minimum atomic E-state index is -3.15. The number of fused-ring (bicyclic) bond motifs is 1. The van der Waals surface area contributed by atoms with Gasteiger partial charge in [0.1, 0.15) is 16.7 Å². The van der Waals surface area contributed by atoms with Crippen LogP contribution in [0.15, 0.2) is 115 Å². The Bertz CT molecular complexity index is 1720. The minimum absolute atomic E-state index is 0.251. The Hall–Kier alpha value is -4.48. The van der Waals surface area contributed by atoms with Crippen LogP contribution in [0.25, 0.3) is 11.0 Å². The summed E-state index contributed by atoms with van der Waals surface area (Å²) in [5, 5.41) is 11.8. The van der Waals surface area contributed by atoms with Gasteiger partial charge in [-0.25, -0.2) is 14.3 Å². The first-order valence-electron chi connectivity index (χ1n) is 14.6. The van der Waals surface area contributed by atoms with Crippen LogP contribution in [0, 0.1) is 0 Å². The normalized spacial score (nSPS) is 12.9. The van der Waals surface area contributed by atoms with Gasteiger partial charge < -0.3 is 9.47 Å². The number of carbonyl (C=O) groups is 2. The van der Waals surface area contributed by atoms with Crippen LogP contribution in [0.5, 0.6) is 0 Å². The topological polar surface area (TPSA) is 83.3 Å². The van der Waals surface area contributed by atoms with Crippen molar-refractivity contribution in [1.29, 1.82) is 0 Å². The molecule has 0 saturated heterocycles. The zero-order chi connectivity index (χ0) is 31.5. The maximum absolute atomic E-state index is 15.0. The third kappa shape index (κ3) is 6.24. The molecular weight excluding hydrogens is 569 g/mol. The molecule has 0 radical (unpaired) electrons. The van der Waals surface area contributed by atoms with Gasteiger partial charge in [-0.3, -0.25) is 0 Å². The smallest absolute Gasteiger partial charge is 0.338 e. The van der Waals surface area contributed by atoms with E-state index < -0.39 is 36.1 Å². The molecule has 7 nitrogen and oxygen atoms in total. The van der Waals surface area contributed by atoms with E-state index in [1.165, 1.54) is 4.68 Å². The van der Waals surface area contributed by atoms with E-state index in [0.29, 0.717) is 11.0 Å². The van der Waals surface area contributed by atoms with Crippen molar-refractivity contribution in [2.45, 2.75) is 58.8 Å². The monoisotopic (exact) mass is 607 g/mol. The van der Waals surface area contributed by atoms with Gasteiger partial charge in [-0.15, -0.1) is 5.10 Å². The second kappa shape index (κ2) is 12.3. The number of hydrogen-bond donors (Lipinski definition) is 0. The molecule has 5 rings (SSSR count). The van der Waals surface area contributed by atoms with Gasteiger partial charge in [0.15, 0.2) is 6.04 Å². The molecule has 4 aromatic carbocycles. The molecule has 1 aromatic heterocycles. The summed E-state index contributed by atoms with van der Waals surface area (Å²) in [4.78, 5) is 29.6. The number of ether oxygens (including phenoxy) is 2. The van der Waals surface area contributed by atoms with Crippen LogP contribution in [0.4, 0.5) is 0 Å². The number of carbonyl (C=O) groups excluding carboxylic acids is 2. The fourth-order valence-electron chi connectivity index (χ4n) is 5.34. The van der Waals surface area contributed by atoms with Crippen LogP contribution in [0.3, 0.4) is 0 Å².